The third-order valence-electron chi connectivity index (χ3n) is 2.67. The summed E-state index contributed by atoms with van der Waals surface area (Å²) in [4.78, 5) is 13.4. The summed E-state index contributed by atoms with van der Waals surface area (Å²) in [6.07, 6.45) is 0.363. The molecule has 0 saturated carbocycles. The van der Waals surface area contributed by atoms with E-state index in [1.165, 1.54) is 0 Å². The van der Waals surface area contributed by atoms with E-state index in [2.05, 4.69) is 17.1 Å². The van der Waals surface area contributed by atoms with Crippen molar-refractivity contribution < 1.29 is 4.79 Å². The first-order valence-electron chi connectivity index (χ1n) is 5.25. The minimum Gasteiger partial charge on any atom is -0.354 e. The predicted octanol–water partition coefficient (Wildman–Crippen LogP) is -0.705. The number of carbonyl (C=O) groups is 1. The SMILES string of the molecule is CC1CN(CC(=O)NCCC#N)CC1N. The van der Waals surface area contributed by atoms with E-state index in [4.69, 9.17) is 11.0 Å². The summed E-state index contributed by atoms with van der Waals surface area (Å²) in [7, 11) is 0. The maximum Gasteiger partial charge on any atom is 0.234 e. The molecule has 1 fully saturated rings. The molecule has 0 aromatic carbocycles. The molecular weight excluding hydrogens is 192 g/mol. The van der Waals surface area contributed by atoms with E-state index in [0.717, 1.165) is 13.1 Å². The fraction of sp³-hybridized carbons (Fsp3) is 0.800. The van der Waals surface area contributed by atoms with Crippen LogP contribution in [0.3, 0.4) is 0 Å². The fourth-order valence-electron chi connectivity index (χ4n) is 1.74. The summed E-state index contributed by atoms with van der Waals surface area (Å²) >= 11 is 0. The molecule has 5 nitrogen and oxygen atoms in total. The van der Waals surface area contributed by atoms with Gasteiger partial charge in [-0.15, -0.1) is 0 Å². The lowest BCUT2D eigenvalue weighted by atomic mass is 10.1. The number of likely N-dealkylation sites (tertiary alicyclic amines) is 1. The topological polar surface area (TPSA) is 82.2 Å². The van der Waals surface area contributed by atoms with Gasteiger partial charge in [0.15, 0.2) is 0 Å². The molecule has 2 unspecified atom stereocenters. The molecule has 1 heterocycles. The van der Waals surface area contributed by atoms with Crippen molar-refractivity contribution in [2.45, 2.75) is 19.4 Å². The Morgan fingerprint density at radius 3 is 2.93 bits per heavy atom. The standard InChI is InChI=1S/C10H18N4O/c1-8-5-14(6-9(8)12)7-10(15)13-4-2-3-11/h8-9H,2,4-7,12H2,1H3,(H,13,15). The van der Waals surface area contributed by atoms with Gasteiger partial charge >= 0.3 is 0 Å². The Morgan fingerprint density at radius 2 is 2.40 bits per heavy atom. The van der Waals surface area contributed by atoms with E-state index in [1.807, 2.05) is 6.07 Å². The molecule has 1 aliphatic heterocycles. The number of nitrogens with one attached hydrogen (secondary N) is 1. The van der Waals surface area contributed by atoms with E-state index in [9.17, 15) is 4.79 Å². The molecule has 5 heteroatoms. The van der Waals surface area contributed by atoms with Crippen molar-refractivity contribution in [1.29, 1.82) is 5.26 Å². The summed E-state index contributed by atoms with van der Waals surface area (Å²) in [5.41, 5.74) is 5.85. The van der Waals surface area contributed by atoms with Crippen LogP contribution in [-0.4, -0.2) is 43.0 Å². The van der Waals surface area contributed by atoms with Crippen molar-refractivity contribution in [1.82, 2.24) is 10.2 Å². The van der Waals surface area contributed by atoms with E-state index in [0.29, 0.717) is 25.4 Å². The van der Waals surface area contributed by atoms with Crippen LogP contribution in [0.2, 0.25) is 0 Å². The lowest BCUT2D eigenvalue weighted by molar-refractivity contribution is -0.122. The van der Waals surface area contributed by atoms with Gasteiger partial charge in [-0.25, -0.2) is 0 Å². The maximum atomic E-state index is 11.4. The largest absolute Gasteiger partial charge is 0.354 e. The number of rotatable bonds is 4. The molecule has 0 bridgehead atoms. The highest BCUT2D eigenvalue weighted by Gasteiger charge is 2.27. The first kappa shape index (κ1) is 12.0. The molecular formula is C10H18N4O. The lowest BCUT2D eigenvalue weighted by Crippen LogP contribution is -2.37. The zero-order chi connectivity index (χ0) is 11.3. The Morgan fingerprint density at radius 1 is 1.67 bits per heavy atom. The van der Waals surface area contributed by atoms with E-state index in [-0.39, 0.29) is 11.9 Å². The first-order valence-corrected chi connectivity index (χ1v) is 5.25. The number of hydrogen-bond acceptors (Lipinski definition) is 4. The molecule has 0 aromatic heterocycles. The molecule has 1 aliphatic rings. The molecule has 0 spiro atoms. The smallest absolute Gasteiger partial charge is 0.234 e. The van der Waals surface area contributed by atoms with Gasteiger partial charge in [0.1, 0.15) is 0 Å². The third-order valence-corrected chi connectivity index (χ3v) is 2.67. The van der Waals surface area contributed by atoms with Crippen LogP contribution in [0.5, 0.6) is 0 Å². The number of carbonyl (C=O) groups excluding carboxylic acids is 1. The van der Waals surface area contributed by atoms with Crippen molar-refractivity contribution in [3.05, 3.63) is 0 Å². The Hall–Kier alpha value is -1.12. The van der Waals surface area contributed by atoms with Crippen molar-refractivity contribution >= 4 is 5.91 Å². The molecule has 3 N–H and O–H groups in total. The Balaban J connectivity index is 2.19. The second kappa shape index (κ2) is 5.69. The van der Waals surface area contributed by atoms with Crippen LogP contribution in [0.15, 0.2) is 0 Å². The van der Waals surface area contributed by atoms with Gasteiger partial charge in [-0.1, -0.05) is 6.92 Å². The molecule has 1 rings (SSSR count). The van der Waals surface area contributed by atoms with Gasteiger partial charge in [0.2, 0.25) is 5.91 Å². The zero-order valence-corrected chi connectivity index (χ0v) is 9.07. The first-order chi connectivity index (χ1) is 7.13. The monoisotopic (exact) mass is 210 g/mol. The minimum absolute atomic E-state index is 0.0217. The molecule has 1 amide bonds. The van der Waals surface area contributed by atoms with Gasteiger partial charge in [-0.05, 0) is 5.92 Å². The minimum atomic E-state index is -0.0217. The normalized spacial score (nSPS) is 26.2. The highest BCUT2D eigenvalue weighted by atomic mass is 16.2. The number of amides is 1. The van der Waals surface area contributed by atoms with Crippen molar-refractivity contribution in [2.75, 3.05) is 26.2 Å². The van der Waals surface area contributed by atoms with E-state index >= 15 is 0 Å². The molecule has 0 aromatic rings. The van der Waals surface area contributed by atoms with E-state index < -0.39 is 0 Å². The summed E-state index contributed by atoms with van der Waals surface area (Å²) < 4.78 is 0. The molecule has 0 radical (unpaired) electrons. The van der Waals surface area contributed by atoms with Gasteiger partial charge in [-0.3, -0.25) is 9.69 Å². The maximum absolute atomic E-state index is 11.4. The average Bonchev–Trinajstić information content (AvgIpc) is 2.46. The van der Waals surface area contributed by atoms with Crippen LogP contribution in [0.25, 0.3) is 0 Å². The number of hydrogen-bond donors (Lipinski definition) is 2. The van der Waals surface area contributed by atoms with Crippen LogP contribution in [0.1, 0.15) is 13.3 Å². The van der Waals surface area contributed by atoms with Crippen molar-refractivity contribution in [3.8, 4) is 6.07 Å². The molecule has 84 valence electrons. The quantitative estimate of drug-likeness (QED) is 0.601. The Bertz CT molecular complexity index is 251. The lowest BCUT2D eigenvalue weighted by Gasteiger charge is -2.14. The second-order valence-corrected chi connectivity index (χ2v) is 4.09. The van der Waals surface area contributed by atoms with Crippen molar-refractivity contribution in [3.63, 3.8) is 0 Å². The van der Waals surface area contributed by atoms with Gasteiger partial charge in [0.25, 0.3) is 0 Å². The van der Waals surface area contributed by atoms with Crippen molar-refractivity contribution in [2.24, 2.45) is 11.7 Å². The van der Waals surface area contributed by atoms with Gasteiger partial charge < -0.3 is 11.1 Å². The van der Waals surface area contributed by atoms with Gasteiger partial charge in [-0.2, -0.15) is 5.26 Å². The number of nitrogens with zero attached hydrogens (tertiary/aromatic N) is 2. The van der Waals surface area contributed by atoms with E-state index in [1.54, 1.807) is 0 Å². The molecule has 15 heavy (non-hydrogen) atoms. The molecule has 0 aliphatic carbocycles. The van der Waals surface area contributed by atoms with Gasteiger partial charge in [0, 0.05) is 25.7 Å². The number of nitrogens with two attached hydrogens (primary N) is 1. The summed E-state index contributed by atoms with van der Waals surface area (Å²) in [5.74, 6) is 0.434. The van der Waals surface area contributed by atoms with Crippen LogP contribution < -0.4 is 11.1 Å². The highest BCUT2D eigenvalue weighted by molar-refractivity contribution is 5.78. The fourth-order valence-corrected chi connectivity index (χ4v) is 1.74. The van der Waals surface area contributed by atoms with Crippen LogP contribution >= 0.6 is 0 Å². The van der Waals surface area contributed by atoms with Crippen LogP contribution in [0.4, 0.5) is 0 Å². The van der Waals surface area contributed by atoms with Crippen LogP contribution in [-0.2, 0) is 4.79 Å². The van der Waals surface area contributed by atoms with Gasteiger partial charge in [0.05, 0.1) is 19.0 Å². The molecule has 2 atom stereocenters. The summed E-state index contributed by atoms with van der Waals surface area (Å²) in [6.45, 7) is 4.59. The summed E-state index contributed by atoms with van der Waals surface area (Å²) in [6, 6.07) is 2.16. The number of nitriles is 1. The third kappa shape index (κ3) is 3.86. The molecule has 1 saturated heterocycles. The highest BCUT2D eigenvalue weighted by Crippen LogP contribution is 2.13. The zero-order valence-electron chi connectivity index (χ0n) is 9.07. The summed E-state index contributed by atoms with van der Waals surface area (Å²) in [5, 5.41) is 11.0. The Kier molecular flexibility index (Phi) is 4.53. The van der Waals surface area contributed by atoms with Crippen LogP contribution in [0, 0.1) is 17.2 Å². The average molecular weight is 210 g/mol. The Labute approximate surface area is 90.2 Å². The predicted molar refractivity (Wildman–Crippen MR) is 56.8 cm³/mol. The second-order valence-electron chi connectivity index (χ2n) is 4.09.